The van der Waals surface area contributed by atoms with Gasteiger partial charge in [-0.05, 0) is 67.9 Å². The zero-order valence-electron chi connectivity index (χ0n) is 18.3. The maximum absolute atomic E-state index is 14.8. The van der Waals surface area contributed by atoms with Crippen LogP contribution in [0.2, 0.25) is 0 Å². The number of pyridine rings is 1. The lowest BCUT2D eigenvalue weighted by Gasteiger charge is -2.32. The Bertz CT molecular complexity index is 1290. The van der Waals surface area contributed by atoms with E-state index in [9.17, 15) is 9.18 Å². The summed E-state index contributed by atoms with van der Waals surface area (Å²) in [6.07, 6.45) is 5.63. The van der Waals surface area contributed by atoms with Gasteiger partial charge in [0.1, 0.15) is 17.2 Å². The van der Waals surface area contributed by atoms with Crippen molar-refractivity contribution in [2.24, 2.45) is 5.92 Å². The lowest BCUT2D eigenvalue weighted by Crippen LogP contribution is -2.19. The van der Waals surface area contributed by atoms with Gasteiger partial charge in [-0.25, -0.2) is 14.2 Å². The van der Waals surface area contributed by atoms with Crippen molar-refractivity contribution in [1.29, 1.82) is 0 Å². The van der Waals surface area contributed by atoms with E-state index in [-0.39, 0.29) is 23.6 Å². The number of carbonyl (C=O) groups excluding carboxylic acids is 1. The van der Waals surface area contributed by atoms with E-state index in [0.717, 1.165) is 53.5 Å². The van der Waals surface area contributed by atoms with Crippen LogP contribution in [0.1, 0.15) is 66.2 Å². The molecule has 0 amide bonds. The standard InChI is InChI=1S/C26H26FN3O2/c1-15(25-29-22-7-3-5-19(24(22)30-25)26(31)32-2)16-8-10-17(11-9-16)23-18-6-4-14-28-21(18)13-12-20(23)27/h3-7,12-17H,8-11H2,1-2H3,(H,29,30)/t15-,16?,17?/m0/s1. The minimum atomic E-state index is -0.381. The maximum atomic E-state index is 14.8. The third kappa shape index (κ3) is 3.53. The number of H-pyrrole nitrogens is 1. The van der Waals surface area contributed by atoms with Crippen molar-refractivity contribution in [2.75, 3.05) is 7.11 Å². The van der Waals surface area contributed by atoms with Gasteiger partial charge in [0.25, 0.3) is 0 Å². The van der Waals surface area contributed by atoms with Gasteiger partial charge in [0.2, 0.25) is 0 Å². The van der Waals surface area contributed by atoms with Crippen LogP contribution >= 0.6 is 0 Å². The van der Waals surface area contributed by atoms with Crippen LogP contribution in [0.4, 0.5) is 4.39 Å². The number of fused-ring (bicyclic) bond motifs is 2. The quantitative estimate of drug-likeness (QED) is 0.396. The summed E-state index contributed by atoms with van der Waals surface area (Å²) in [6.45, 7) is 2.18. The molecule has 2 aromatic carbocycles. The Balaban J connectivity index is 1.36. The molecule has 4 aromatic rings. The second kappa shape index (κ2) is 8.34. The second-order valence-corrected chi connectivity index (χ2v) is 8.75. The molecule has 0 aliphatic heterocycles. The van der Waals surface area contributed by atoms with Gasteiger partial charge in [-0.1, -0.05) is 19.1 Å². The van der Waals surface area contributed by atoms with Crippen molar-refractivity contribution in [3.05, 3.63) is 71.4 Å². The van der Waals surface area contributed by atoms with Crippen LogP contribution in [-0.2, 0) is 4.74 Å². The summed E-state index contributed by atoms with van der Waals surface area (Å²) >= 11 is 0. The lowest BCUT2D eigenvalue weighted by molar-refractivity contribution is 0.0603. The summed E-state index contributed by atoms with van der Waals surface area (Å²) < 4.78 is 19.7. The molecule has 1 fully saturated rings. The predicted octanol–water partition coefficient (Wildman–Crippen LogP) is 6.11. The first-order chi connectivity index (χ1) is 15.6. The van der Waals surface area contributed by atoms with E-state index in [2.05, 4.69) is 16.9 Å². The number of halogens is 1. The summed E-state index contributed by atoms with van der Waals surface area (Å²) in [5, 5.41) is 0.927. The van der Waals surface area contributed by atoms with Crippen molar-refractivity contribution < 1.29 is 13.9 Å². The molecule has 32 heavy (non-hydrogen) atoms. The topological polar surface area (TPSA) is 67.9 Å². The smallest absolute Gasteiger partial charge is 0.340 e. The molecule has 2 aromatic heterocycles. The zero-order chi connectivity index (χ0) is 22.2. The van der Waals surface area contributed by atoms with Crippen LogP contribution in [0.3, 0.4) is 0 Å². The molecular weight excluding hydrogens is 405 g/mol. The number of imidazole rings is 1. The fourth-order valence-electron chi connectivity index (χ4n) is 5.24. The number of aromatic nitrogens is 3. The Labute approximate surface area is 186 Å². The fraction of sp³-hybridized carbons (Fsp3) is 0.346. The van der Waals surface area contributed by atoms with E-state index >= 15 is 0 Å². The summed E-state index contributed by atoms with van der Waals surface area (Å²) in [5.74, 6) is 1.24. The van der Waals surface area contributed by atoms with Gasteiger partial charge < -0.3 is 9.72 Å². The first-order valence-corrected chi connectivity index (χ1v) is 11.2. The van der Waals surface area contributed by atoms with E-state index in [1.807, 2.05) is 24.3 Å². The van der Waals surface area contributed by atoms with Crippen molar-refractivity contribution in [3.63, 3.8) is 0 Å². The number of esters is 1. The minimum absolute atomic E-state index is 0.130. The molecular formula is C26H26FN3O2. The highest BCUT2D eigenvalue weighted by atomic mass is 19.1. The van der Waals surface area contributed by atoms with Gasteiger partial charge in [-0.2, -0.15) is 0 Å². The number of ether oxygens (including phenoxy) is 1. The monoisotopic (exact) mass is 431 g/mol. The summed E-state index contributed by atoms with van der Waals surface area (Å²) in [4.78, 5) is 24.6. The van der Waals surface area contributed by atoms with Gasteiger partial charge in [-0.15, -0.1) is 0 Å². The molecule has 2 heterocycles. The van der Waals surface area contributed by atoms with E-state index < -0.39 is 0 Å². The van der Waals surface area contributed by atoms with Crippen LogP contribution in [0, 0.1) is 11.7 Å². The summed E-state index contributed by atoms with van der Waals surface area (Å²) in [7, 11) is 1.38. The van der Waals surface area contributed by atoms with Crippen LogP contribution < -0.4 is 0 Å². The molecule has 0 unspecified atom stereocenters. The molecule has 6 heteroatoms. The Kier molecular flexibility index (Phi) is 5.37. The van der Waals surface area contributed by atoms with Crippen LogP contribution in [0.5, 0.6) is 0 Å². The molecule has 1 N–H and O–H groups in total. The van der Waals surface area contributed by atoms with Crippen LogP contribution in [0.15, 0.2) is 48.7 Å². The number of nitrogens with one attached hydrogen (secondary N) is 1. The average molecular weight is 432 g/mol. The SMILES string of the molecule is COC(=O)c1cccc2[nH]c([C@@H](C)C3CCC(c4c(F)ccc5ncccc45)CC3)nc12. The molecule has 0 bridgehead atoms. The number of para-hydroxylation sites is 1. The van der Waals surface area contributed by atoms with Crippen LogP contribution in [-0.4, -0.2) is 28.0 Å². The number of rotatable bonds is 4. The van der Waals surface area contributed by atoms with Gasteiger partial charge >= 0.3 is 5.97 Å². The number of nitrogens with zero attached hydrogens (tertiary/aromatic N) is 2. The average Bonchev–Trinajstić information content (AvgIpc) is 3.28. The molecule has 5 rings (SSSR count). The predicted molar refractivity (Wildman–Crippen MR) is 122 cm³/mol. The molecule has 164 valence electrons. The van der Waals surface area contributed by atoms with E-state index in [1.165, 1.54) is 7.11 Å². The molecule has 0 saturated heterocycles. The molecule has 0 radical (unpaired) electrons. The first-order valence-electron chi connectivity index (χ1n) is 11.2. The first kappa shape index (κ1) is 20.6. The third-order valence-electron chi connectivity index (χ3n) is 7.03. The van der Waals surface area contributed by atoms with Crippen molar-refractivity contribution in [3.8, 4) is 0 Å². The Morgan fingerprint density at radius 2 is 1.94 bits per heavy atom. The Morgan fingerprint density at radius 3 is 2.72 bits per heavy atom. The molecule has 0 spiro atoms. The maximum Gasteiger partial charge on any atom is 0.340 e. The highest BCUT2D eigenvalue weighted by molar-refractivity contribution is 6.01. The Hall–Kier alpha value is -3.28. The van der Waals surface area contributed by atoms with Crippen molar-refractivity contribution in [2.45, 2.75) is 44.4 Å². The van der Waals surface area contributed by atoms with Crippen molar-refractivity contribution >= 4 is 27.9 Å². The third-order valence-corrected chi connectivity index (χ3v) is 7.03. The van der Waals surface area contributed by atoms with E-state index in [4.69, 9.17) is 9.72 Å². The van der Waals surface area contributed by atoms with Gasteiger partial charge in [0.05, 0.1) is 23.7 Å². The molecule has 1 aliphatic rings. The second-order valence-electron chi connectivity index (χ2n) is 8.75. The fourth-order valence-corrected chi connectivity index (χ4v) is 5.24. The number of methoxy groups -OCH3 is 1. The van der Waals surface area contributed by atoms with E-state index in [1.54, 1.807) is 24.4 Å². The number of aromatic amines is 1. The number of carbonyl (C=O) groups is 1. The largest absolute Gasteiger partial charge is 0.465 e. The molecule has 1 saturated carbocycles. The van der Waals surface area contributed by atoms with E-state index in [0.29, 0.717) is 17.0 Å². The molecule has 1 atom stereocenters. The lowest BCUT2D eigenvalue weighted by atomic mass is 9.73. The molecule has 1 aliphatic carbocycles. The highest BCUT2D eigenvalue weighted by Gasteiger charge is 2.30. The normalized spacial score (nSPS) is 19.8. The van der Waals surface area contributed by atoms with Gasteiger partial charge in [0.15, 0.2) is 0 Å². The Morgan fingerprint density at radius 1 is 1.12 bits per heavy atom. The van der Waals surface area contributed by atoms with Crippen molar-refractivity contribution in [1.82, 2.24) is 15.0 Å². The van der Waals surface area contributed by atoms with Gasteiger partial charge in [-0.3, -0.25) is 4.98 Å². The molecule has 5 nitrogen and oxygen atoms in total. The summed E-state index contributed by atoms with van der Waals surface area (Å²) in [6, 6.07) is 12.7. The number of benzene rings is 2. The zero-order valence-corrected chi connectivity index (χ0v) is 18.3. The summed E-state index contributed by atoms with van der Waals surface area (Å²) in [5.41, 5.74) is 3.63. The van der Waals surface area contributed by atoms with Crippen LogP contribution in [0.25, 0.3) is 21.9 Å². The van der Waals surface area contributed by atoms with Gasteiger partial charge in [0, 0.05) is 23.1 Å². The highest BCUT2D eigenvalue weighted by Crippen LogP contribution is 2.43. The number of hydrogen-bond acceptors (Lipinski definition) is 4. The number of hydrogen-bond donors (Lipinski definition) is 1. The minimum Gasteiger partial charge on any atom is -0.465 e.